The molecule has 0 saturated carbocycles. The van der Waals surface area contributed by atoms with Crippen LogP contribution in [0, 0.1) is 9.49 Å². The second-order valence-electron chi connectivity index (χ2n) is 9.60. The van der Waals surface area contributed by atoms with Crippen molar-refractivity contribution >= 4 is 34.4 Å². The van der Waals surface area contributed by atoms with E-state index in [1.165, 1.54) is 0 Å². The number of benzene rings is 2. The van der Waals surface area contributed by atoms with Crippen LogP contribution < -0.4 is 14.8 Å². The molecule has 210 valence electrons. The Hall–Kier alpha value is -2.67. The second kappa shape index (κ2) is 14.1. The fourth-order valence-corrected chi connectivity index (χ4v) is 5.53. The second-order valence-corrected chi connectivity index (χ2v) is 10.8. The maximum atomic E-state index is 13.8. The monoisotopic (exact) mass is 650 g/mol. The topological polar surface area (TPSA) is 118 Å². The number of nitrogens with one attached hydrogen (secondary N) is 1. The molecule has 1 heterocycles. The summed E-state index contributed by atoms with van der Waals surface area (Å²) < 4.78 is 18.1. The van der Waals surface area contributed by atoms with Crippen LogP contribution in [0.3, 0.4) is 0 Å². The maximum Gasteiger partial charge on any atom is 0.247 e. The molecule has 39 heavy (non-hydrogen) atoms. The summed E-state index contributed by atoms with van der Waals surface area (Å²) in [6, 6.07) is 14.4. The number of ether oxygens (including phenoxy) is 3. The minimum atomic E-state index is -1.08. The van der Waals surface area contributed by atoms with Crippen LogP contribution in [0.25, 0.3) is 0 Å². The molecule has 1 aliphatic carbocycles. The van der Waals surface area contributed by atoms with Crippen molar-refractivity contribution < 1.29 is 34.0 Å². The fraction of sp³-hybridized carbons (Fsp3) is 0.448. The Kier molecular flexibility index (Phi) is 10.6. The van der Waals surface area contributed by atoms with Crippen LogP contribution in [0.15, 0.2) is 60.2 Å². The van der Waals surface area contributed by atoms with Gasteiger partial charge in [-0.3, -0.25) is 9.59 Å². The van der Waals surface area contributed by atoms with Gasteiger partial charge in [0.15, 0.2) is 0 Å². The molecule has 0 aromatic heterocycles. The molecule has 2 aromatic rings. The summed E-state index contributed by atoms with van der Waals surface area (Å²) in [5.74, 6) is 0.504. The van der Waals surface area contributed by atoms with Gasteiger partial charge in [0.05, 0.1) is 35.9 Å². The number of carbonyl (C=O) groups is 2. The predicted molar refractivity (Wildman–Crippen MR) is 154 cm³/mol. The van der Waals surface area contributed by atoms with Gasteiger partial charge >= 0.3 is 0 Å². The van der Waals surface area contributed by atoms with E-state index in [1.807, 2.05) is 42.5 Å². The SMILES string of the molecule is COc1ccccc1CCN(C(=O)C1CCOC1)[C@@H]1CC(C(=O)NCCO)=C[C@H](Oc2ccccc2I)[C@H]1O. The number of halogens is 1. The number of methoxy groups -OCH3 is 1. The molecule has 4 atom stereocenters. The molecule has 10 heteroatoms. The highest BCUT2D eigenvalue weighted by Gasteiger charge is 2.42. The Labute approximate surface area is 242 Å². The van der Waals surface area contributed by atoms with Gasteiger partial charge < -0.3 is 34.6 Å². The van der Waals surface area contributed by atoms with E-state index in [0.29, 0.717) is 43.9 Å². The zero-order chi connectivity index (χ0) is 27.8. The lowest BCUT2D eigenvalue weighted by atomic mass is 9.87. The summed E-state index contributed by atoms with van der Waals surface area (Å²) in [6.45, 7) is 1.06. The number of hydrogen-bond donors (Lipinski definition) is 3. The van der Waals surface area contributed by atoms with Gasteiger partial charge in [-0.15, -0.1) is 0 Å². The largest absolute Gasteiger partial charge is 0.496 e. The van der Waals surface area contributed by atoms with E-state index in [-0.39, 0.29) is 37.3 Å². The van der Waals surface area contributed by atoms with Crippen molar-refractivity contribution in [1.29, 1.82) is 0 Å². The summed E-state index contributed by atoms with van der Waals surface area (Å²) in [6.07, 6.45) is 0.933. The first kappa shape index (κ1) is 29.3. The van der Waals surface area contributed by atoms with E-state index < -0.39 is 18.2 Å². The van der Waals surface area contributed by atoms with Crippen molar-refractivity contribution in [3.8, 4) is 11.5 Å². The Morgan fingerprint density at radius 3 is 2.59 bits per heavy atom. The van der Waals surface area contributed by atoms with E-state index >= 15 is 0 Å². The van der Waals surface area contributed by atoms with Crippen molar-refractivity contribution in [2.24, 2.45) is 5.92 Å². The van der Waals surface area contributed by atoms with Crippen LogP contribution in [0.2, 0.25) is 0 Å². The molecule has 2 aliphatic rings. The molecular formula is C29H35IN2O7. The van der Waals surface area contributed by atoms with E-state index in [1.54, 1.807) is 24.2 Å². The van der Waals surface area contributed by atoms with Gasteiger partial charge in [0.1, 0.15) is 23.7 Å². The van der Waals surface area contributed by atoms with Crippen molar-refractivity contribution in [1.82, 2.24) is 10.2 Å². The first-order chi connectivity index (χ1) is 18.9. The number of hydrogen-bond acceptors (Lipinski definition) is 7. The van der Waals surface area contributed by atoms with E-state index in [2.05, 4.69) is 27.9 Å². The Morgan fingerprint density at radius 2 is 1.90 bits per heavy atom. The number of carbonyl (C=O) groups excluding carboxylic acids is 2. The van der Waals surface area contributed by atoms with Crippen LogP contribution in [0.1, 0.15) is 18.4 Å². The number of para-hydroxylation sites is 2. The summed E-state index contributed by atoms with van der Waals surface area (Å²) >= 11 is 2.16. The summed E-state index contributed by atoms with van der Waals surface area (Å²) in [4.78, 5) is 28.5. The molecular weight excluding hydrogens is 615 g/mol. The molecule has 1 fully saturated rings. The van der Waals surface area contributed by atoms with Gasteiger partial charge in [-0.05, 0) is 65.3 Å². The lowest BCUT2D eigenvalue weighted by molar-refractivity contribution is -0.142. The summed E-state index contributed by atoms with van der Waals surface area (Å²) in [5.41, 5.74) is 1.33. The molecule has 1 unspecified atom stereocenters. The third-order valence-corrected chi connectivity index (χ3v) is 7.98. The minimum Gasteiger partial charge on any atom is -0.496 e. The van der Waals surface area contributed by atoms with Crippen LogP contribution >= 0.6 is 22.6 Å². The number of nitrogens with zero attached hydrogens (tertiary/aromatic N) is 1. The van der Waals surface area contributed by atoms with E-state index in [4.69, 9.17) is 14.2 Å². The molecule has 2 aromatic carbocycles. The van der Waals surface area contributed by atoms with Crippen LogP contribution in [0.4, 0.5) is 0 Å². The van der Waals surface area contributed by atoms with Crippen molar-refractivity contribution in [3.63, 3.8) is 0 Å². The number of aliphatic hydroxyl groups excluding tert-OH is 2. The third-order valence-electron chi connectivity index (χ3n) is 7.09. The van der Waals surface area contributed by atoms with Crippen molar-refractivity contribution in [2.45, 2.75) is 37.5 Å². The lowest BCUT2D eigenvalue weighted by Crippen LogP contribution is -2.56. The zero-order valence-corrected chi connectivity index (χ0v) is 24.1. The highest BCUT2D eigenvalue weighted by atomic mass is 127. The highest BCUT2D eigenvalue weighted by Crippen LogP contribution is 2.31. The average molecular weight is 651 g/mol. The molecule has 0 spiro atoms. The van der Waals surface area contributed by atoms with Crippen molar-refractivity contribution in [2.75, 3.05) is 40.0 Å². The van der Waals surface area contributed by atoms with E-state index in [0.717, 1.165) is 14.9 Å². The van der Waals surface area contributed by atoms with Crippen LogP contribution in [0.5, 0.6) is 11.5 Å². The fourth-order valence-electron chi connectivity index (χ4n) is 5.02. The van der Waals surface area contributed by atoms with Gasteiger partial charge in [0.25, 0.3) is 0 Å². The standard InChI is InChI=1S/C29H35IN2O7/c1-37-24-8-4-2-6-19(24)10-13-32(29(36)20-11-15-38-18-20)23-16-21(28(35)31-12-14-33)17-26(27(23)34)39-25-9-5-3-7-22(25)30/h2-9,17,20,23,26-27,33-34H,10-16,18H2,1H3,(H,31,35)/t20?,23-,26+,27+/m1/s1. The Morgan fingerprint density at radius 1 is 1.15 bits per heavy atom. The Balaban J connectivity index is 1.66. The molecule has 3 N–H and O–H groups in total. The minimum absolute atomic E-state index is 0.0986. The highest BCUT2D eigenvalue weighted by molar-refractivity contribution is 14.1. The molecule has 0 radical (unpaired) electrons. The zero-order valence-electron chi connectivity index (χ0n) is 21.9. The van der Waals surface area contributed by atoms with Gasteiger partial charge in [-0.25, -0.2) is 0 Å². The van der Waals surface area contributed by atoms with Gasteiger partial charge in [0.2, 0.25) is 11.8 Å². The summed E-state index contributed by atoms with van der Waals surface area (Å²) in [5, 5.41) is 23.5. The average Bonchev–Trinajstić information content (AvgIpc) is 3.50. The van der Waals surface area contributed by atoms with Gasteiger partial charge in [-0.1, -0.05) is 30.3 Å². The maximum absolute atomic E-state index is 13.8. The molecule has 2 amide bonds. The van der Waals surface area contributed by atoms with Crippen LogP contribution in [-0.2, 0) is 20.7 Å². The Bertz CT molecular complexity index is 1170. The number of aliphatic hydroxyl groups is 2. The van der Waals surface area contributed by atoms with Crippen LogP contribution in [-0.4, -0.2) is 85.2 Å². The summed E-state index contributed by atoms with van der Waals surface area (Å²) in [7, 11) is 1.61. The number of amides is 2. The predicted octanol–water partition coefficient (Wildman–Crippen LogP) is 2.32. The smallest absolute Gasteiger partial charge is 0.247 e. The first-order valence-electron chi connectivity index (χ1n) is 13.1. The van der Waals surface area contributed by atoms with Gasteiger partial charge in [0, 0.05) is 31.7 Å². The molecule has 1 aliphatic heterocycles. The molecule has 9 nitrogen and oxygen atoms in total. The third kappa shape index (κ3) is 7.30. The first-order valence-corrected chi connectivity index (χ1v) is 14.2. The quantitative estimate of drug-likeness (QED) is 0.320. The number of rotatable bonds is 11. The molecule has 1 saturated heterocycles. The van der Waals surface area contributed by atoms with E-state index in [9.17, 15) is 19.8 Å². The van der Waals surface area contributed by atoms with Gasteiger partial charge in [-0.2, -0.15) is 0 Å². The molecule has 0 bridgehead atoms. The lowest BCUT2D eigenvalue weighted by Gasteiger charge is -2.41. The van der Waals surface area contributed by atoms with Crippen molar-refractivity contribution in [3.05, 3.63) is 69.3 Å². The molecule has 4 rings (SSSR count). The normalized spacial score (nSPS) is 22.6.